The Kier molecular flexibility index (Phi) is 6.68. The minimum atomic E-state index is -0.951. The van der Waals surface area contributed by atoms with Gasteiger partial charge in [0.1, 0.15) is 11.5 Å². The van der Waals surface area contributed by atoms with Gasteiger partial charge in [0, 0.05) is 18.5 Å². The molecule has 0 aliphatic heterocycles. The van der Waals surface area contributed by atoms with Crippen LogP contribution in [0.2, 0.25) is 0 Å². The van der Waals surface area contributed by atoms with Gasteiger partial charge >= 0.3 is 5.97 Å². The second kappa shape index (κ2) is 9.39. The summed E-state index contributed by atoms with van der Waals surface area (Å²) < 4.78 is 10.7. The number of carbonyl (C=O) groups is 2. The molecule has 1 unspecified atom stereocenters. The van der Waals surface area contributed by atoms with Crippen molar-refractivity contribution in [2.24, 2.45) is 5.92 Å². The summed E-state index contributed by atoms with van der Waals surface area (Å²) in [4.78, 5) is 24.2. The number of nitrogens with one attached hydrogen (secondary N) is 1. The Morgan fingerprint density at radius 1 is 1.21 bits per heavy atom. The molecule has 1 aliphatic rings. The lowest BCUT2D eigenvalue weighted by atomic mass is 9.99. The first-order valence-electron chi connectivity index (χ1n) is 9.78. The third-order valence-corrected chi connectivity index (χ3v) is 4.99. The fraction of sp³-hybridized carbons (Fsp3) is 0.476. The van der Waals surface area contributed by atoms with Crippen molar-refractivity contribution < 1.29 is 24.0 Å². The molecular formula is C21H26N2O5. The van der Waals surface area contributed by atoms with Crippen molar-refractivity contribution in [3.05, 3.63) is 46.8 Å². The Morgan fingerprint density at radius 2 is 1.96 bits per heavy atom. The predicted octanol–water partition coefficient (Wildman–Crippen LogP) is 3.02. The number of nitrogens with zero attached hydrogens (tertiary/aromatic N) is 1. The predicted molar refractivity (Wildman–Crippen MR) is 103 cm³/mol. The molecule has 1 aromatic heterocycles. The molecule has 7 heteroatoms. The van der Waals surface area contributed by atoms with E-state index in [1.807, 2.05) is 31.2 Å². The molecule has 2 aromatic rings. The third-order valence-electron chi connectivity index (χ3n) is 4.99. The number of hydrogen-bond donors (Lipinski definition) is 2. The van der Waals surface area contributed by atoms with Crippen molar-refractivity contribution >= 4 is 11.9 Å². The molecule has 1 amide bonds. The number of rotatable bonds is 8. The Morgan fingerprint density at radius 3 is 2.68 bits per heavy atom. The molecule has 1 aliphatic carbocycles. The van der Waals surface area contributed by atoms with Crippen LogP contribution in [0.25, 0.3) is 0 Å². The Labute approximate surface area is 164 Å². The van der Waals surface area contributed by atoms with E-state index >= 15 is 0 Å². The molecular weight excluding hydrogens is 360 g/mol. The number of aromatic nitrogens is 1. The Balaban J connectivity index is 1.61. The van der Waals surface area contributed by atoms with E-state index in [2.05, 4.69) is 10.5 Å². The summed E-state index contributed by atoms with van der Waals surface area (Å²) in [5.41, 5.74) is 2.04. The molecule has 1 heterocycles. The molecule has 1 atom stereocenters. The quantitative estimate of drug-likeness (QED) is 0.676. The van der Waals surface area contributed by atoms with Crippen LogP contribution >= 0.6 is 0 Å². The summed E-state index contributed by atoms with van der Waals surface area (Å²) in [7, 11) is 0. The molecule has 0 saturated heterocycles. The number of carboxylic acids is 1. The average Bonchev–Trinajstić information content (AvgIpc) is 2.94. The SMILES string of the molecule is CCOc1ccc(CC(CNC(=O)c2noc3c2CCCCC3)C(=O)O)cc1. The molecule has 0 spiro atoms. The Bertz CT molecular complexity index is 813. The summed E-state index contributed by atoms with van der Waals surface area (Å²) in [6, 6.07) is 7.34. The topological polar surface area (TPSA) is 102 Å². The zero-order chi connectivity index (χ0) is 19.9. The lowest BCUT2D eigenvalue weighted by Gasteiger charge is -2.14. The van der Waals surface area contributed by atoms with Crippen LogP contribution in [-0.2, 0) is 24.1 Å². The Hall–Kier alpha value is -2.83. The molecule has 0 bridgehead atoms. The van der Waals surface area contributed by atoms with Crippen molar-refractivity contribution in [1.29, 1.82) is 0 Å². The lowest BCUT2D eigenvalue weighted by molar-refractivity contribution is -0.141. The summed E-state index contributed by atoms with van der Waals surface area (Å²) >= 11 is 0. The van der Waals surface area contributed by atoms with Gasteiger partial charge in [-0.15, -0.1) is 0 Å². The summed E-state index contributed by atoms with van der Waals surface area (Å²) in [6.45, 7) is 2.52. The number of amides is 1. The molecule has 2 N–H and O–H groups in total. The molecule has 0 radical (unpaired) electrons. The fourth-order valence-corrected chi connectivity index (χ4v) is 3.46. The van der Waals surface area contributed by atoms with Gasteiger partial charge < -0.3 is 19.7 Å². The maximum absolute atomic E-state index is 12.5. The average molecular weight is 386 g/mol. The summed E-state index contributed by atoms with van der Waals surface area (Å²) in [6.07, 6.45) is 5.03. The van der Waals surface area contributed by atoms with Crippen LogP contribution in [0.5, 0.6) is 5.75 Å². The van der Waals surface area contributed by atoms with Crippen molar-refractivity contribution in [2.45, 2.75) is 45.4 Å². The highest BCUT2D eigenvalue weighted by Gasteiger charge is 2.25. The fourth-order valence-electron chi connectivity index (χ4n) is 3.46. The van der Waals surface area contributed by atoms with Gasteiger partial charge in [-0.25, -0.2) is 0 Å². The maximum atomic E-state index is 12.5. The van der Waals surface area contributed by atoms with Gasteiger partial charge in [-0.3, -0.25) is 9.59 Å². The van der Waals surface area contributed by atoms with Gasteiger partial charge in [-0.2, -0.15) is 0 Å². The van der Waals surface area contributed by atoms with E-state index in [0.717, 1.165) is 54.7 Å². The number of hydrogen-bond acceptors (Lipinski definition) is 5. The number of aliphatic carboxylic acids is 1. The lowest BCUT2D eigenvalue weighted by Crippen LogP contribution is -2.34. The number of carboxylic acid groups (broad SMARTS) is 1. The molecule has 28 heavy (non-hydrogen) atoms. The number of fused-ring (bicyclic) bond motifs is 1. The van der Waals surface area contributed by atoms with Crippen LogP contribution in [0.15, 0.2) is 28.8 Å². The van der Waals surface area contributed by atoms with Crippen molar-refractivity contribution in [3.63, 3.8) is 0 Å². The highest BCUT2D eigenvalue weighted by atomic mass is 16.5. The van der Waals surface area contributed by atoms with Gasteiger partial charge in [0.2, 0.25) is 0 Å². The first-order chi connectivity index (χ1) is 13.6. The van der Waals surface area contributed by atoms with Crippen molar-refractivity contribution in [2.75, 3.05) is 13.2 Å². The van der Waals surface area contributed by atoms with Gasteiger partial charge in [0.15, 0.2) is 5.69 Å². The minimum absolute atomic E-state index is 0.0308. The van der Waals surface area contributed by atoms with Crippen LogP contribution in [0, 0.1) is 5.92 Å². The third kappa shape index (κ3) is 4.91. The van der Waals surface area contributed by atoms with E-state index in [0.29, 0.717) is 18.7 Å². The summed E-state index contributed by atoms with van der Waals surface area (Å²) in [5.74, 6) is -0.518. The highest BCUT2D eigenvalue weighted by Crippen LogP contribution is 2.23. The van der Waals surface area contributed by atoms with Gasteiger partial charge in [0.25, 0.3) is 5.91 Å². The van der Waals surface area contributed by atoms with Gasteiger partial charge in [0.05, 0.1) is 12.5 Å². The zero-order valence-corrected chi connectivity index (χ0v) is 16.1. The zero-order valence-electron chi connectivity index (χ0n) is 16.1. The van der Waals surface area contributed by atoms with E-state index < -0.39 is 11.9 Å². The number of ether oxygens (including phenoxy) is 1. The van der Waals surface area contributed by atoms with Crippen LogP contribution in [0.3, 0.4) is 0 Å². The highest BCUT2D eigenvalue weighted by molar-refractivity contribution is 5.94. The number of aryl methyl sites for hydroxylation is 1. The normalized spacial score (nSPS) is 14.6. The molecule has 0 saturated carbocycles. The van der Waals surface area contributed by atoms with Crippen molar-refractivity contribution in [1.82, 2.24) is 10.5 Å². The van der Waals surface area contributed by atoms with E-state index in [4.69, 9.17) is 9.26 Å². The second-order valence-electron chi connectivity index (χ2n) is 7.02. The van der Waals surface area contributed by atoms with E-state index in [1.165, 1.54) is 0 Å². The van der Waals surface area contributed by atoms with Crippen LogP contribution in [0.4, 0.5) is 0 Å². The van der Waals surface area contributed by atoms with E-state index in [-0.39, 0.29) is 12.5 Å². The van der Waals surface area contributed by atoms with E-state index in [1.54, 1.807) is 0 Å². The first kappa shape index (κ1) is 19.9. The number of carbonyl (C=O) groups excluding carboxylic acids is 1. The monoisotopic (exact) mass is 386 g/mol. The minimum Gasteiger partial charge on any atom is -0.494 e. The summed E-state index contributed by atoms with van der Waals surface area (Å²) in [5, 5.41) is 16.2. The molecule has 7 nitrogen and oxygen atoms in total. The number of benzene rings is 1. The van der Waals surface area contributed by atoms with Gasteiger partial charge in [-0.05, 0) is 50.3 Å². The molecule has 0 fully saturated rings. The first-order valence-corrected chi connectivity index (χ1v) is 9.78. The van der Waals surface area contributed by atoms with Crippen LogP contribution < -0.4 is 10.1 Å². The standard InChI is InChI=1S/C21H26N2O5/c1-2-27-16-10-8-14(9-11-16)12-15(21(25)26)13-22-20(24)19-17-6-4-3-5-7-18(17)28-23-19/h8-11,15H,2-7,12-13H2,1H3,(H,22,24)(H,25,26). The molecule has 3 rings (SSSR count). The van der Waals surface area contributed by atoms with Gasteiger partial charge in [-0.1, -0.05) is 23.7 Å². The van der Waals surface area contributed by atoms with Crippen LogP contribution in [-0.4, -0.2) is 35.3 Å². The molecule has 150 valence electrons. The van der Waals surface area contributed by atoms with Crippen molar-refractivity contribution in [3.8, 4) is 5.75 Å². The largest absolute Gasteiger partial charge is 0.494 e. The maximum Gasteiger partial charge on any atom is 0.308 e. The smallest absolute Gasteiger partial charge is 0.308 e. The van der Waals surface area contributed by atoms with E-state index in [9.17, 15) is 14.7 Å². The second-order valence-corrected chi connectivity index (χ2v) is 7.02. The van der Waals surface area contributed by atoms with Crippen LogP contribution in [0.1, 0.15) is 53.6 Å². The molecule has 1 aromatic carbocycles.